The Balaban J connectivity index is 0.00000676. The van der Waals surface area contributed by atoms with Crippen molar-refractivity contribution in [3.05, 3.63) is 23.8 Å². The van der Waals surface area contributed by atoms with Crippen LogP contribution in [0.15, 0.2) is 23.2 Å². The number of halogens is 1. The zero-order chi connectivity index (χ0) is 19.2. The molecule has 0 spiro atoms. The fourth-order valence-electron chi connectivity index (χ4n) is 2.26. The van der Waals surface area contributed by atoms with E-state index in [2.05, 4.69) is 36.4 Å². The molecule has 2 N–H and O–H groups in total. The van der Waals surface area contributed by atoms with Crippen LogP contribution in [0.1, 0.15) is 39.7 Å². The van der Waals surface area contributed by atoms with Crippen LogP contribution >= 0.6 is 24.0 Å². The van der Waals surface area contributed by atoms with E-state index in [1.165, 1.54) is 0 Å². The molecule has 0 radical (unpaired) electrons. The molecule has 156 valence electrons. The van der Waals surface area contributed by atoms with Crippen LogP contribution in [0.5, 0.6) is 11.5 Å². The number of nitrogens with one attached hydrogen (secondary N) is 2. The molecular weight excluding hydrogens is 457 g/mol. The number of rotatable bonds is 12. The van der Waals surface area contributed by atoms with Crippen molar-refractivity contribution in [3.8, 4) is 11.5 Å². The zero-order valence-corrected chi connectivity index (χ0v) is 19.7. The second-order valence-electron chi connectivity index (χ2n) is 6.34. The Morgan fingerprint density at radius 1 is 1.11 bits per heavy atom. The van der Waals surface area contributed by atoms with Crippen LogP contribution in [-0.4, -0.2) is 46.0 Å². The summed E-state index contributed by atoms with van der Waals surface area (Å²) in [6.07, 6.45) is 1.09. The standard InChI is InChI=1S/C20H35N3O3.HI/c1-6-21-20(22-11-13-25-12-10-16(3)4)23-15-17-8-9-18(26-7-2)19(14-17)24-5;/h8-9,14,16H,6-7,10-13,15H2,1-5H3,(H2,21,22,23);1H. The molecule has 0 aliphatic rings. The molecule has 1 aromatic rings. The van der Waals surface area contributed by atoms with E-state index in [9.17, 15) is 0 Å². The van der Waals surface area contributed by atoms with Crippen molar-refractivity contribution in [2.24, 2.45) is 10.9 Å². The quantitative estimate of drug-likeness (QED) is 0.201. The molecule has 7 heteroatoms. The average Bonchev–Trinajstić information content (AvgIpc) is 2.63. The fourth-order valence-corrected chi connectivity index (χ4v) is 2.26. The van der Waals surface area contributed by atoms with Gasteiger partial charge in [-0.3, -0.25) is 0 Å². The molecule has 6 nitrogen and oxygen atoms in total. The van der Waals surface area contributed by atoms with E-state index in [0.717, 1.165) is 49.1 Å². The Bertz CT molecular complexity index is 539. The van der Waals surface area contributed by atoms with Crippen LogP contribution in [0, 0.1) is 5.92 Å². The maximum absolute atomic E-state index is 5.63. The lowest BCUT2D eigenvalue weighted by Gasteiger charge is -2.13. The zero-order valence-electron chi connectivity index (χ0n) is 17.3. The maximum Gasteiger partial charge on any atom is 0.191 e. The Morgan fingerprint density at radius 3 is 2.52 bits per heavy atom. The normalized spacial score (nSPS) is 11.1. The van der Waals surface area contributed by atoms with Crippen molar-refractivity contribution in [2.75, 3.05) is 40.0 Å². The molecule has 0 atom stereocenters. The van der Waals surface area contributed by atoms with Gasteiger partial charge in [0.15, 0.2) is 17.5 Å². The van der Waals surface area contributed by atoms with Crippen LogP contribution in [0.25, 0.3) is 0 Å². The van der Waals surface area contributed by atoms with Gasteiger partial charge in [0.2, 0.25) is 0 Å². The maximum atomic E-state index is 5.63. The van der Waals surface area contributed by atoms with E-state index < -0.39 is 0 Å². The van der Waals surface area contributed by atoms with E-state index in [1.54, 1.807) is 7.11 Å². The monoisotopic (exact) mass is 493 g/mol. The van der Waals surface area contributed by atoms with Gasteiger partial charge in [0, 0.05) is 19.7 Å². The molecule has 0 saturated carbocycles. The van der Waals surface area contributed by atoms with Crippen molar-refractivity contribution < 1.29 is 14.2 Å². The first kappa shape index (κ1) is 25.8. The Kier molecular flexibility index (Phi) is 15.1. The highest BCUT2D eigenvalue weighted by molar-refractivity contribution is 14.0. The van der Waals surface area contributed by atoms with Gasteiger partial charge < -0.3 is 24.8 Å². The van der Waals surface area contributed by atoms with Crippen LogP contribution < -0.4 is 20.1 Å². The minimum atomic E-state index is 0. The van der Waals surface area contributed by atoms with Gasteiger partial charge in [-0.15, -0.1) is 24.0 Å². The van der Waals surface area contributed by atoms with Crippen molar-refractivity contribution in [1.29, 1.82) is 0 Å². The van der Waals surface area contributed by atoms with E-state index in [1.807, 2.05) is 25.1 Å². The van der Waals surface area contributed by atoms with Crippen LogP contribution in [0.4, 0.5) is 0 Å². The first-order valence-electron chi connectivity index (χ1n) is 9.50. The Morgan fingerprint density at radius 2 is 1.89 bits per heavy atom. The van der Waals surface area contributed by atoms with Gasteiger partial charge in [0.25, 0.3) is 0 Å². The number of guanidine groups is 1. The molecule has 0 bridgehead atoms. The second-order valence-corrected chi connectivity index (χ2v) is 6.34. The largest absolute Gasteiger partial charge is 0.493 e. The molecule has 0 amide bonds. The Hall–Kier alpha value is -1.22. The van der Waals surface area contributed by atoms with Gasteiger partial charge in [-0.25, -0.2) is 4.99 Å². The summed E-state index contributed by atoms with van der Waals surface area (Å²) in [6.45, 7) is 12.6. The van der Waals surface area contributed by atoms with Crippen LogP contribution in [-0.2, 0) is 11.3 Å². The van der Waals surface area contributed by atoms with Crippen LogP contribution in [0.3, 0.4) is 0 Å². The summed E-state index contributed by atoms with van der Waals surface area (Å²) in [5.74, 6) is 2.95. The first-order valence-corrected chi connectivity index (χ1v) is 9.50. The predicted octanol–water partition coefficient (Wildman–Crippen LogP) is 3.83. The van der Waals surface area contributed by atoms with Crippen molar-refractivity contribution in [3.63, 3.8) is 0 Å². The van der Waals surface area contributed by atoms with Gasteiger partial charge in [-0.2, -0.15) is 0 Å². The lowest BCUT2D eigenvalue weighted by atomic mass is 10.1. The number of nitrogens with zero attached hydrogens (tertiary/aromatic N) is 1. The molecule has 27 heavy (non-hydrogen) atoms. The van der Waals surface area contributed by atoms with E-state index in [-0.39, 0.29) is 24.0 Å². The molecule has 0 aliphatic carbocycles. The van der Waals surface area contributed by atoms with E-state index in [4.69, 9.17) is 14.2 Å². The molecule has 0 heterocycles. The highest BCUT2D eigenvalue weighted by Crippen LogP contribution is 2.28. The molecule has 1 aromatic carbocycles. The predicted molar refractivity (Wildman–Crippen MR) is 123 cm³/mol. The van der Waals surface area contributed by atoms with Crippen LogP contribution in [0.2, 0.25) is 0 Å². The second kappa shape index (κ2) is 15.8. The third-order valence-electron chi connectivity index (χ3n) is 3.67. The summed E-state index contributed by atoms with van der Waals surface area (Å²) in [5.41, 5.74) is 1.07. The molecule has 0 aliphatic heterocycles. The highest BCUT2D eigenvalue weighted by atomic mass is 127. The van der Waals surface area contributed by atoms with Gasteiger partial charge in [-0.05, 0) is 43.9 Å². The molecule has 0 saturated heterocycles. The third-order valence-corrected chi connectivity index (χ3v) is 3.67. The van der Waals surface area contributed by atoms with Crippen molar-refractivity contribution >= 4 is 29.9 Å². The van der Waals surface area contributed by atoms with Gasteiger partial charge in [0.1, 0.15) is 0 Å². The minimum absolute atomic E-state index is 0. The molecule has 0 aromatic heterocycles. The number of aliphatic imine (C=N–C) groups is 1. The smallest absolute Gasteiger partial charge is 0.191 e. The minimum Gasteiger partial charge on any atom is -0.493 e. The molecule has 1 rings (SSSR count). The lowest BCUT2D eigenvalue weighted by Crippen LogP contribution is -2.39. The summed E-state index contributed by atoms with van der Waals surface area (Å²) < 4.78 is 16.6. The summed E-state index contributed by atoms with van der Waals surface area (Å²) in [7, 11) is 1.65. The van der Waals surface area contributed by atoms with E-state index >= 15 is 0 Å². The summed E-state index contributed by atoms with van der Waals surface area (Å²) in [5, 5.41) is 6.55. The SMILES string of the molecule is CCNC(=NCc1ccc(OCC)c(OC)c1)NCCOCCC(C)C.I. The van der Waals surface area contributed by atoms with Gasteiger partial charge in [-0.1, -0.05) is 19.9 Å². The Labute approximate surface area is 181 Å². The topological polar surface area (TPSA) is 64.1 Å². The summed E-state index contributed by atoms with van der Waals surface area (Å²) in [4.78, 5) is 4.62. The lowest BCUT2D eigenvalue weighted by molar-refractivity contribution is 0.128. The van der Waals surface area contributed by atoms with Crippen molar-refractivity contribution in [1.82, 2.24) is 10.6 Å². The molecular formula is C20H36IN3O3. The average molecular weight is 493 g/mol. The summed E-state index contributed by atoms with van der Waals surface area (Å²) >= 11 is 0. The van der Waals surface area contributed by atoms with E-state index in [0.29, 0.717) is 25.7 Å². The number of benzene rings is 1. The summed E-state index contributed by atoms with van der Waals surface area (Å²) in [6, 6.07) is 5.90. The fraction of sp³-hybridized carbons (Fsp3) is 0.650. The number of methoxy groups -OCH3 is 1. The number of hydrogen-bond donors (Lipinski definition) is 2. The number of ether oxygens (including phenoxy) is 3. The molecule has 0 fully saturated rings. The van der Waals surface area contributed by atoms with Gasteiger partial charge in [0.05, 0.1) is 26.9 Å². The van der Waals surface area contributed by atoms with Crippen molar-refractivity contribution in [2.45, 2.75) is 40.7 Å². The van der Waals surface area contributed by atoms with Gasteiger partial charge >= 0.3 is 0 Å². The third kappa shape index (κ3) is 11.3. The first-order chi connectivity index (χ1) is 12.6. The highest BCUT2D eigenvalue weighted by Gasteiger charge is 2.05. The molecule has 0 unspecified atom stereocenters. The number of hydrogen-bond acceptors (Lipinski definition) is 4.